The van der Waals surface area contributed by atoms with Crippen LogP contribution in [0.4, 0.5) is 4.79 Å². The monoisotopic (exact) mass is 668 g/mol. The first kappa shape index (κ1) is 32.0. The molecule has 4 aromatic carbocycles. The van der Waals surface area contributed by atoms with E-state index in [2.05, 4.69) is 40.2 Å². The van der Waals surface area contributed by atoms with Gasteiger partial charge in [-0.3, -0.25) is 0 Å². The number of benzene rings is 4. The summed E-state index contributed by atoms with van der Waals surface area (Å²) < 4.78 is 9.90. The highest BCUT2D eigenvalue weighted by Gasteiger charge is 2.48. The molecule has 0 N–H and O–H groups in total. The lowest BCUT2D eigenvalue weighted by Crippen LogP contribution is -2.44. The lowest BCUT2D eigenvalue weighted by atomic mass is 9.93. The fraction of sp³-hybridized carbons (Fsp3) is 0.270. The van der Waals surface area contributed by atoms with Crippen LogP contribution in [-0.4, -0.2) is 58.9 Å². The van der Waals surface area contributed by atoms with Gasteiger partial charge in [-0.1, -0.05) is 101 Å². The fourth-order valence-electron chi connectivity index (χ4n) is 6.09. The lowest BCUT2D eigenvalue weighted by molar-refractivity contribution is 0.0591. The van der Waals surface area contributed by atoms with Gasteiger partial charge >= 0.3 is 18.0 Å². The van der Waals surface area contributed by atoms with Crippen LogP contribution in [0.25, 0.3) is 0 Å². The van der Waals surface area contributed by atoms with Crippen molar-refractivity contribution in [3.05, 3.63) is 143 Å². The molecule has 4 aromatic rings. The number of esters is 2. The van der Waals surface area contributed by atoms with Crippen LogP contribution in [0.1, 0.15) is 49.4 Å². The Morgan fingerprint density at radius 3 is 1.71 bits per heavy atom. The molecule has 8 heteroatoms. The number of hydrogen-bond acceptors (Lipinski definition) is 5. The Bertz CT molecular complexity index is 1610. The molecule has 1 heterocycles. The van der Waals surface area contributed by atoms with Crippen molar-refractivity contribution in [1.82, 2.24) is 9.80 Å². The van der Waals surface area contributed by atoms with Gasteiger partial charge in [0.2, 0.25) is 0 Å². The smallest absolute Gasteiger partial charge is 0.337 e. The number of carbonyl (C=O) groups is 3. The molecular formula is C37H37BrN2O5. The number of urea groups is 1. The molecule has 1 saturated heterocycles. The van der Waals surface area contributed by atoms with Gasteiger partial charge in [-0.15, -0.1) is 0 Å². The maximum Gasteiger partial charge on any atom is 0.337 e. The molecule has 1 fully saturated rings. The quantitative estimate of drug-likeness (QED) is 0.119. The van der Waals surface area contributed by atoms with Gasteiger partial charge in [-0.2, -0.15) is 0 Å². The maximum absolute atomic E-state index is 14.5. The zero-order chi connectivity index (χ0) is 31.8. The van der Waals surface area contributed by atoms with Crippen LogP contribution in [-0.2, 0) is 35.4 Å². The summed E-state index contributed by atoms with van der Waals surface area (Å²) in [5.74, 6) is -0.838. The zero-order valence-corrected chi connectivity index (χ0v) is 27.1. The van der Waals surface area contributed by atoms with E-state index in [1.165, 1.54) is 25.3 Å². The molecule has 3 atom stereocenters. The van der Waals surface area contributed by atoms with Crippen molar-refractivity contribution < 1.29 is 23.9 Å². The van der Waals surface area contributed by atoms with Gasteiger partial charge in [0, 0.05) is 17.9 Å². The standard InChI is InChI=1S/C37H37BrN2O5/c1-44-35(41)30-17-9-15-28(21-30)24-39-33(20-19-26-11-5-3-6-12-26)34(32(38)23-27-13-7-4-8-14-27)40(37(39)43)25-29-16-10-18-31(22-29)36(42)45-2/h3-18,21-22,32-34H,19-20,23-25H2,1-2H3/t32-,33+,34+/m0/s1. The zero-order valence-electron chi connectivity index (χ0n) is 25.5. The first-order chi connectivity index (χ1) is 21.9. The third-order valence-corrected chi connectivity index (χ3v) is 9.13. The minimum Gasteiger partial charge on any atom is -0.465 e. The Morgan fingerprint density at radius 2 is 1.18 bits per heavy atom. The number of methoxy groups -OCH3 is 2. The number of nitrogens with zero attached hydrogens (tertiary/aromatic N) is 2. The topological polar surface area (TPSA) is 76.2 Å². The molecule has 0 aliphatic carbocycles. The van der Waals surface area contributed by atoms with Gasteiger partial charge < -0.3 is 19.3 Å². The number of rotatable bonds is 12. The van der Waals surface area contributed by atoms with Crippen LogP contribution in [0.3, 0.4) is 0 Å². The van der Waals surface area contributed by atoms with E-state index < -0.39 is 11.9 Å². The van der Waals surface area contributed by atoms with Gasteiger partial charge in [-0.05, 0) is 65.8 Å². The summed E-state index contributed by atoms with van der Waals surface area (Å²) in [5, 5.41) is 0. The van der Waals surface area contributed by atoms with E-state index in [9.17, 15) is 14.4 Å². The van der Waals surface area contributed by atoms with Crippen molar-refractivity contribution in [2.24, 2.45) is 0 Å². The Hall–Kier alpha value is -4.43. The van der Waals surface area contributed by atoms with Gasteiger partial charge in [0.25, 0.3) is 0 Å². The molecule has 1 aliphatic heterocycles. The number of aryl methyl sites for hydroxylation is 1. The van der Waals surface area contributed by atoms with E-state index in [4.69, 9.17) is 9.47 Å². The van der Waals surface area contributed by atoms with E-state index in [0.29, 0.717) is 24.2 Å². The van der Waals surface area contributed by atoms with Crippen LogP contribution in [0, 0.1) is 0 Å². The van der Waals surface area contributed by atoms with Crippen LogP contribution in [0.2, 0.25) is 0 Å². The third kappa shape index (κ3) is 7.81. The van der Waals surface area contributed by atoms with E-state index in [1.54, 1.807) is 24.3 Å². The number of carbonyl (C=O) groups excluding carboxylic acids is 3. The second kappa shape index (κ2) is 15.0. The molecule has 5 rings (SSSR count). The predicted octanol–water partition coefficient (Wildman–Crippen LogP) is 7.07. The molecule has 0 bridgehead atoms. The molecule has 7 nitrogen and oxygen atoms in total. The summed E-state index contributed by atoms with van der Waals surface area (Å²) in [7, 11) is 2.72. The van der Waals surface area contributed by atoms with E-state index in [1.807, 2.05) is 70.5 Å². The normalized spacial score (nSPS) is 16.8. The minimum absolute atomic E-state index is 0.0557. The fourth-order valence-corrected chi connectivity index (χ4v) is 7.10. The average Bonchev–Trinajstić information content (AvgIpc) is 3.33. The lowest BCUT2D eigenvalue weighted by Gasteiger charge is -2.32. The first-order valence-corrected chi connectivity index (χ1v) is 15.9. The van der Waals surface area contributed by atoms with E-state index >= 15 is 0 Å². The molecule has 232 valence electrons. The maximum atomic E-state index is 14.5. The van der Waals surface area contributed by atoms with Gasteiger partial charge in [-0.25, -0.2) is 14.4 Å². The van der Waals surface area contributed by atoms with Crippen molar-refractivity contribution in [2.45, 2.75) is 49.3 Å². The molecule has 0 radical (unpaired) electrons. The molecule has 45 heavy (non-hydrogen) atoms. The Morgan fingerprint density at radius 1 is 0.689 bits per heavy atom. The van der Waals surface area contributed by atoms with Gasteiger partial charge in [0.1, 0.15) is 0 Å². The summed E-state index contributed by atoms with van der Waals surface area (Å²) in [6.07, 6.45) is 2.27. The second-order valence-electron chi connectivity index (χ2n) is 11.2. The average molecular weight is 670 g/mol. The first-order valence-electron chi connectivity index (χ1n) is 15.0. The Kier molecular flexibility index (Phi) is 10.7. The molecule has 2 amide bonds. The summed E-state index contributed by atoms with van der Waals surface area (Å²) in [6, 6.07) is 34.6. The van der Waals surface area contributed by atoms with E-state index in [0.717, 1.165) is 30.4 Å². The Labute approximate surface area is 272 Å². The van der Waals surface area contributed by atoms with E-state index in [-0.39, 0.29) is 22.9 Å². The highest BCUT2D eigenvalue weighted by molar-refractivity contribution is 9.09. The summed E-state index contributed by atoms with van der Waals surface area (Å²) >= 11 is 4.04. The van der Waals surface area contributed by atoms with Crippen molar-refractivity contribution in [2.75, 3.05) is 14.2 Å². The van der Waals surface area contributed by atoms with Gasteiger partial charge in [0.05, 0.1) is 37.4 Å². The van der Waals surface area contributed by atoms with Crippen LogP contribution < -0.4 is 0 Å². The second-order valence-corrected chi connectivity index (χ2v) is 12.4. The van der Waals surface area contributed by atoms with Crippen molar-refractivity contribution in [3.63, 3.8) is 0 Å². The Balaban J connectivity index is 1.53. The summed E-state index contributed by atoms with van der Waals surface area (Å²) in [4.78, 5) is 42.9. The SMILES string of the molecule is COC(=O)c1cccc(CN2C(=O)N(Cc3cccc(C(=O)OC)c3)[C@H](CCc3ccccc3)[C@H]2[C@@H](Br)Cc2ccccc2)c1. The number of alkyl halides is 1. The number of amides is 2. The van der Waals surface area contributed by atoms with Crippen molar-refractivity contribution in [1.29, 1.82) is 0 Å². The minimum atomic E-state index is -0.420. The molecule has 0 spiro atoms. The van der Waals surface area contributed by atoms with Crippen LogP contribution in [0.15, 0.2) is 109 Å². The number of halogens is 1. The van der Waals surface area contributed by atoms with Crippen molar-refractivity contribution in [3.8, 4) is 0 Å². The molecule has 0 unspecified atom stereocenters. The number of ether oxygens (including phenoxy) is 2. The summed E-state index contributed by atoms with van der Waals surface area (Å²) in [5.41, 5.74) is 4.94. The van der Waals surface area contributed by atoms with Crippen LogP contribution in [0.5, 0.6) is 0 Å². The molecule has 0 aromatic heterocycles. The number of hydrogen-bond donors (Lipinski definition) is 0. The van der Waals surface area contributed by atoms with Gasteiger partial charge in [0.15, 0.2) is 0 Å². The largest absolute Gasteiger partial charge is 0.465 e. The predicted molar refractivity (Wildman–Crippen MR) is 177 cm³/mol. The highest BCUT2D eigenvalue weighted by Crippen LogP contribution is 2.35. The molecular weight excluding hydrogens is 632 g/mol. The highest BCUT2D eigenvalue weighted by atomic mass is 79.9. The van der Waals surface area contributed by atoms with Crippen molar-refractivity contribution >= 4 is 33.9 Å². The summed E-state index contributed by atoms with van der Waals surface area (Å²) in [6.45, 7) is 0.662. The molecule has 1 aliphatic rings. The third-order valence-electron chi connectivity index (χ3n) is 8.26. The molecule has 0 saturated carbocycles. The van der Waals surface area contributed by atoms with Crippen LogP contribution >= 0.6 is 15.9 Å².